The molecule has 1 aliphatic rings. The molecule has 1 aromatic rings. The first kappa shape index (κ1) is 10.2. The van der Waals surface area contributed by atoms with E-state index in [1.54, 1.807) is 0 Å². The van der Waals surface area contributed by atoms with Crippen molar-refractivity contribution in [2.75, 3.05) is 6.54 Å². The van der Waals surface area contributed by atoms with E-state index in [-0.39, 0.29) is 0 Å². The van der Waals surface area contributed by atoms with Gasteiger partial charge in [-0.05, 0) is 48.6 Å². The van der Waals surface area contributed by atoms with Gasteiger partial charge in [-0.2, -0.15) is 0 Å². The molecule has 1 nitrogen and oxygen atoms in total. The van der Waals surface area contributed by atoms with Gasteiger partial charge in [0.1, 0.15) is 0 Å². The molecule has 0 saturated heterocycles. The molecule has 1 heterocycles. The molecule has 1 saturated carbocycles. The molecular weight excluding hydrogens is 190 g/mol. The van der Waals surface area contributed by atoms with E-state index in [2.05, 4.69) is 30.6 Å². The van der Waals surface area contributed by atoms with Gasteiger partial charge in [0, 0.05) is 18.0 Å². The van der Waals surface area contributed by atoms with Crippen LogP contribution in [0.1, 0.15) is 36.6 Å². The van der Waals surface area contributed by atoms with Crippen LogP contribution in [0.15, 0.2) is 11.4 Å². The molecule has 2 rings (SSSR count). The Bertz CT molecular complexity index is 299. The Morgan fingerprint density at radius 3 is 2.79 bits per heavy atom. The molecule has 1 fully saturated rings. The summed E-state index contributed by atoms with van der Waals surface area (Å²) in [6, 6.07) is 2.20. The van der Waals surface area contributed by atoms with Crippen LogP contribution >= 0.6 is 11.3 Å². The average molecular weight is 209 g/mol. The van der Waals surface area contributed by atoms with Gasteiger partial charge < -0.3 is 5.32 Å². The Kier molecular flexibility index (Phi) is 2.93. The van der Waals surface area contributed by atoms with Crippen LogP contribution in [0.25, 0.3) is 0 Å². The molecule has 14 heavy (non-hydrogen) atoms. The fraction of sp³-hybridized carbons (Fsp3) is 0.667. The second-order valence-corrected chi connectivity index (χ2v) is 5.48. The average Bonchev–Trinajstić information content (AvgIpc) is 2.86. The lowest BCUT2D eigenvalue weighted by atomic mass is 10.0. The lowest BCUT2D eigenvalue weighted by Crippen LogP contribution is -2.22. The standard InChI is InChI=1S/C12H19NS/c1-3-12(5-6-12)9-13-8-11-10(2)4-7-14-11/h4,7,13H,3,5-6,8-9H2,1-2H3. The Labute approximate surface area is 90.5 Å². The summed E-state index contributed by atoms with van der Waals surface area (Å²) < 4.78 is 0. The SMILES string of the molecule is CCC1(CNCc2sccc2C)CC1. The monoisotopic (exact) mass is 209 g/mol. The van der Waals surface area contributed by atoms with Crippen molar-refractivity contribution in [2.24, 2.45) is 5.41 Å². The van der Waals surface area contributed by atoms with Gasteiger partial charge in [-0.15, -0.1) is 11.3 Å². The lowest BCUT2D eigenvalue weighted by molar-refractivity contribution is 0.444. The highest BCUT2D eigenvalue weighted by atomic mass is 32.1. The molecule has 0 aromatic carbocycles. The number of aryl methyl sites for hydroxylation is 1. The van der Waals surface area contributed by atoms with Crippen LogP contribution < -0.4 is 5.32 Å². The highest BCUT2D eigenvalue weighted by Gasteiger charge is 2.39. The summed E-state index contributed by atoms with van der Waals surface area (Å²) in [6.07, 6.45) is 4.20. The number of hydrogen-bond donors (Lipinski definition) is 1. The zero-order valence-electron chi connectivity index (χ0n) is 9.10. The Morgan fingerprint density at radius 2 is 2.29 bits per heavy atom. The summed E-state index contributed by atoms with van der Waals surface area (Å²) in [4.78, 5) is 1.50. The van der Waals surface area contributed by atoms with Gasteiger partial charge in [0.15, 0.2) is 0 Å². The Hall–Kier alpha value is -0.340. The van der Waals surface area contributed by atoms with Crippen LogP contribution in [0.4, 0.5) is 0 Å². The first-order valence-corrected chi connectivity index (χ1v) is 6.37. The summed E-state index contributed by atoms with van der Waals surface area (Å²) in [5.41, 5.74) is 2.11. The molecule has 1 aromatic heterocycles. The highest BCUT2D eigenvalue weighted by molar-refractivity contribution is 7.10. The second-order valence-electron chi connectivity index (χ2n) is 4.48. The van der Waals surface area contributed by atoms with Crippen molar-refractivity contribution in [1.29, 1.82) is 0 Å². The van der Waals surface area contributed by atoms with Gasteiger partial charge in [-0.3, -0.25) is 0 Å². The van der Waals surface area contributed by atoms with Crippen molar-refractivity contribution in [3.05, 3.63) is 21.9 Å². The van der Waals surface area contributed by atoms with Gasteiger partial charge >= 0.3 is 0 Å². The van der Waals surface area contributed by atoms with Gasteiger partial charge in [0.2, 0.25) is 0 Å². The number of hydrogen-bond acceptors (Lipinski definition) is 2. The maximum Gasteiger partial charge on any atom is 0.0302 e. The van der Waals surface area contributed by atoms with E-state index in [0.29, 0.717) is 5.41 Å². The minimum absolute atomic E-state index is 0.672. The minimum atomic E-state index is 0.672. The fourth-order valence-electron chi connectivity index (χ4n) is 1.86. The van der Waals surface area contributed by atoms with E-state index >= 15 is 0 Å². The van der Waals surface area contributed by atoms with E-state index in [1.807, 2.05) is 11.3 Å². The number of nitrogens with one attached hydrogen (secondary N) is 1. The molecule has 0 unspecified atom stereocenters. The van der Waals surface area contributed by atoms with Crippen LogP contribution in [0.2, 0.25) is 0 Å². The topological polar surface area (TPSA) is 12.0 Å². The molecule has 0 aliphatic heterocycles. The van der Waals surface area contributed by atoms with E-state index in [1.165, 1.54) is 36.2 Å². The van der Waals surface area contributed by atoms with Gasteiger partial charge in [0.25, 0.3) is 0 Å². The highest BCUT2D eigenvalue weighted by Crippen LogP contribution is 2.47. The molecule has 0 atom stereocenters. The summed E-state index contributed by atoms with van der Waals surface area (Å²) in [5.74, 6) is 0. The van der Waals surface area contributed by atoms with Crippen LogP contribution in [0.5, 0.6) is 0 Å². The van der Waals surface area contributed by atoms with Crippen molar-refractivity contribution in [2.45, 2.75) is 39.7 Å². The summed E-state index contributed by atoms with van der Waals surface area (Å²) in [5, 5.41) is 5.77. The Balaban J connectivity index is 1.76. The van der Waals surface area contributed by atoms with E-state index in [4.69, 9.17) is 0 Å². The largest absolute Gasteiger partial charge is 0.311 e. The third-order valence-corrected chi connectivity index (χ3v) is 4.48. The number of thiophene rings is 1. The molecule has 0 bridgehead atoms. The molecule has 0 radical (unpaired) electrons. The van der Waals surface area contributed by atoms with Crippen LogP contribution in [0, 0.1) is 12.3 Å². The summed E-state index contributed by atoms with van der Waals surface area (Å²) in [6.45, 7) is 6.78. The molecule has 1 N–H and O–H groups in total. The zero-order chi connectivity index (χ0) is 10.0. The normalized spacial score (nSPS) is 18.4. The molecule has 1 aliphatic carbocycles. The maximum absolute atomic E-state index is 3.59. The summed E-state index contributed by atoms with van der Waals surface area (Å²) >= 11 is 1.87. The molecule has 2 heteroatoms. The van der Waals surface area contributed by atoms with E-state index in [9.17, 15) is 0 Å². The van der Waals surface area contributed by atoms with Gasteiger partial charge in [0.05, 0.1) is 0 Å². The molecule has 0 amide bonds. The zero-order valence-corrected chi connectivity index (χ0v) is 9.91. The van der Waals surface area contributed by atoms with Crippen molar-refractivity contribution in [3.8, 4) is 0 Å². The van der Waals surface area contributed by atoms with Crippen molar-refractivity contribution in [1.82, 2.24) is 5.32 Å². The predicted molar refractivity (Wildman–Crippen MR) is 62.7 cm³/mol. The Morgan fingerprint density at radius 1 is 1.50 bits per heavy atom. The van der Waals surface area contributed by atoms with Gasteiger partial charge in [-0.1, -0.05) is 6.92 Å². The second kappa shape index (κ2) is 4.03. The van der Waals surface area contributed by atoms with Crippen molar-refractivity contribution >= 4 is 11.3 Å². The first-order chi connectivity index (χ1) is 6.76. The first-order valence-electron chi connectivity index (χ1n) is 5.49. The van der Waals surface area contributed by atoms with E-state index < -0.39 is 0 Å². The quantitative estimate of drug-likeness (QED) is 0.784. The van der Waals surface area contributed by atoms with E-state index in [0.717, 1.165) is 6.54 Å². The van der Waals surface area contributed by atoms with Gasteiger partial charge in [-0.25, -0.2) is 0 Å². The molecule has 78 valence electrons. The fourth-order valence-corrected chi connectivity index (χ4v) is 2.73. The van der Waals surface area contributed by atoms with Crippen LogP contribution in [0.3, 0.4) is 0 Å². The van der Waals surface area contributed by atoms with Crippen molar-refractivity contribution < 1.29 is 0 Å². The van der Waals surface area contributed by atoms with Crippen LogP contribution in [-0.4, -0.2) is 6.54 Å². The smallest absolute Gasteiger partial charge is 0.0302 e. The van der Waals surface area contributed by atoms with Crippen LogP contribution in [-0.2, 0) is 6.54 Å². The third-order valence-electron chi connectivity index (χ3n) is 3.46. The third kappa shape index (κ3) is 2.18. The maximum atomic E-state index is 3.59. The minimum Gasteiger partial charge on any atom is -0.311 e. The predicted octanol–water partition coefficient (Wildman–Crippen LogP) is 3.34. The number of rotatable bonds is 5. The van der Waals surface area contributed by atoms with Crippen molar-refractivity contribution in [3.63, 3.8) is 0 Å². The lowest BCUT2D eigenvalue weighted by Gasteiger charge is -2.12. The molecule has 0 spiro atoms. The summed E-state index contributed by atoms with van der Waals surface area (Å²) in [7, 11) is 0. The molecular formula is C12H19NS.